The average molecular weight is 277 g/mol. The summed E-state index contributed by atoms with van der Waals surface area (Å²) < 4.78 is 4.95. The first-order chi connectivity index (χ1) is 9.61. The zero-order valence-corrected chi connectivity index (χ0v) is 11.8. The molecule has 0 bridgehead atoms. The Morgan fingerprint density at radius 3 is 2.50 bits per heavy atom. The van der Waals surface area contributed by atoms with Crippen LogP contribution in [-0.4, -0.2) is 59.6 Å². The fourth-order valence-electron chi connectivity index (χ4n) is 2.12. The van der Waals surface area contributed by atoms with Gasteiger partial charge in [0.15, 0.2) is 0 Å². The van der Waals surface area contributed by atoms with Gasteiger partial charge >= 0.3 is 6.09 Å². The molecule has 1 aromatic rings. The van der Waals surface area contributed by atoms with Crippen LogP contribution in [0.25, 0.3) is 0 Å². The van der Waals surface area contributed by atoms with Crippen LogP contribution in [0.3, 0.4) is 0 Å². The first-order valence-electron chi connectivity index (χ1n) is 6.75. The summed E-state index contributed by atoms with van der Waals surface area (Å²) in [5, 5.41) is 0. The van der Waals surface area contributed by atoms with Gasteiger partial charge in [0, 0.05) is 32.4 Å². The van der Waals surface area contributed by atoms with Crippen molar-refractivity contribution in [1.29, 1.82) is 0 Å². The molecule has 0 saturated carbocycles. The van der Waals surface area contributed by atoms with Gasteiger partial charge in [-0.2, -0.15) is 0 Å². The van der Waals surface area contributed by atoms with E-state index in [9.17, 15) is 9.59 Å². The third kappa shape index (κ3) is 3.26. The standard InChI is InChI=1S/C14H19N3O3/c1-3-20-14(19)17-8-6-16(7-9-17)13(18)12-10-11(2)4-5-15-12/h4-5,10H,3,6-9H2,1-2H3. The van der Waals surface area contributed by atoms with Gasteiger partial charge in [0.25, 0.3) is 5.91 Å². The SMILES string of the molecule is CCOC(=O)N1CCN(C(=O)c2cc(C)ccn2)CC1. The number of nitrogens with zero attached hydrogens (tertiary/aromatic N) is 3. The first-order valence-corrected chi connectivity index (χ1v) is 6.75. The molecular formula is C14H19N3O3. The van der Waals surface area contributed by atoms with Crippen molar-refractivity contribution in [3.63, 3.8) is 0 Å². The van der Waals surface area contributed by atoms with Gasteiger partial charge < -0.3 is 14.5 Å². The summed E-state index contributed by atoms with van der Waals surface area (Å²) in [6, 6.07) is 3.63. The lowest BCUT2D eigenvalue weighted by atomic mass is 10.2. The van der Waals surface area contributed by atoms with Crippen molar-refractivity contribution in [3.05, 3.63) is 29.6 Å². The monoisotopic (exact) mass is 277 g/mol. The predicted molar refractivity (Wildman–Crippen MR) is 73.5 cm³/mol. The number of hydrogen-bond acceptors (Lipinski definition) is 4. The molecule has 0 aromatic carbocycles. The van der Waals surface area contributed by atoms with Crippen LogP contribution in [0, 0.1) is 6.92 Å². The minimum Gasteiger partial charge on any atom is -0.450 e. The molecule has 108 valence electrons. The zero-order valence-electron chi connectivity index (χ0n) is 11.8. The highest BCUT2D eigenvalue weighted by molar-refractivity contribution is 5.92. The van der Waals surface area contributed by atoms with E-state index >= 15 is 0 Å². The molecule has 0 N–H and O–H groups in total. The van der Waals surface area contributed by atoms with Crippen LogP contribution in [-0.2, 0) is 4.74 Å². The van der Waals surface area contributed by atoms with E-state index in [4.69, 9.17) is 4.74 Å². The predicted octanol–water partition coefficient (Wildman–Crippen LogP) is 1.30. The Morgan fingerprint density at radius 2 is 1.90 bits per heavy atom. The van der Waals surface area contributed by atoms with Gasteiger partial charge in [-0.1, -0.05) is 0 Å². The van der Waals surface area contributed by atoms with Crippen molar-refractivity contribution < 1.29 is 14.3 Å². The molecule has 6 nitrogen and oxygen atoms in total. The number of ether oxygens (including phenoxy) is 1. The van der Waals surface area contributed by atoms with Crippen molar-refractivity contribution in [1.82, 2.24) is 14.8 Å². The van der Waals surface area contributed by atoms with Crippen LogP contribution >= 0.6 is 0 Å². The smallest absolute Gasteiger partial charge is 0.409 e. The van der Waals surface area contributed by atoms with Crippen LogP contribution in [0.5, 0.6) is 0 Å². The van der Waals surface area contributed by atoms with Crippen molar-refractivity contribution in [2.24, 2.45) is 0 Å². The molecule has 0 spiro atoms. The van der Waals surface area contributed by atoms with Crippen molar-refractivity contribution in [3.8, 4) is 0 Å². The van der Waals surface area contributed by atoms with E-state index in [0.29, 0.717) is 38.5 Å². The summed E-state index contributed by atoms with van der Waals surface area (Å²) in [4.78, 5) is 31.3. The molecule has 2 heterocycles. The Kier molecular flexibility index (Phi) is 4.55. The third-order valence-electron chi connectivity index (χ3n) is 3.23. The maximum absolute atomic E-state index is 12.3. The topological polar surface area (TPSA) is 62.7 Å². The van der Waals surface area contributed by atoms with E-state index in [1.807, 2.05) is 13.0 Å². The number of aromatic nitrogens is 1. The Balaban J connectivity index is 1.93. The fraction of sp³-hybridized carbons (Fsp3) is 0.500. The van der Waals surface area contributed by atoms with Gasteiger partial charge in [-0.15, -0.1) is 0 Å². The van der Waals surface area contributed by atoms with Gasteiger partial charge in [-0.05, 0) is 31.5 Å². The van der Waals surface area contributed by atoms with E-state index in [0.717, 1.165) is 5.56 Å². The average Bonchev–Trinajstić information content (AvgIpc) is 2.47. The van der Waals surface area contributed by atoms with Crippen LogP contribution in [0.4, 0.5) is 4.79 Å². The highest BCUT2D eigenvalue weighted by Gasteiger charge is 2.25. The maximum Gasteiger partial charge on any atom is 0.409 e. The Hall–Kier alpha value is -2.11. The molecule has 1 saturated heterocycles. The molecule has 0 radical (unpaired) electrons. The second kappa shape index (κ2) is 6.36. The number of pyridine rings is 1. The molecule has 0 unspecified atom stereocenters. The Labute approximate surface area is 118 Å². The Morgan fingerprint density at radius 1 is 1.25 bits per heavy atom. The number of amides is 2. The lowest BCUT2D eigenvalue weighted by Crippen LogP contribution is -2.50. The highest BCUT2D eigenvalue weighted by atomic mass is 16.6. The molecule has 0 aliphatic carbocycles. The van der Waals surface area contributed by atoms with Crippen LogP contribution in [0.15, 0.2) is 18.3 Å². The molecule has 0 atom stereocenters. The van der Waals surface area contributed by atoms with E-state index in [1.165, 1.54) is 0 Å². The molecular weight excluding hydrogens is 258 g/mol. The van der Waals surface area contributed by atoms with Crippen molar-refractivity contribution >= 4 is 12.0 Å². The zero-order chi connectivity index (χ0) is 14.5. The van der Waals surface area contributed by atoms with Gasteiger partial charge in [-0.25, -0.2) is 4.79 Å². The second-order valence-corrected chi connectivity index (χ2v) is 4.70. The summed E-state index contributed by atoms with van der Waals surface area (Å²) in [5.41, 5.74) is 1.46. The first kappa shape index (κ1) is 14.3. The number of carbonyl (C=O) groups excluding carboxylic acids is 2. The van der Waals surface area contributed by atoms with Crippen LogP contribution in [0.2, 0.25) is 0 Å². The number of rotatable bonds is 2. The fourth-order valence-corrected chi connectivity index (χ4v) is 2.12. The number of aryl methyl sites for hydroxylation is 1. The molecule has 6 heteroatoms. The summed E-state index contributed by atoms with van der Waals surface area (Å²) in [7, 11) is 0. The van der Waals surface area contributed by atoms with E-state index < -0.39 is 0 Å². The largest absolute Gasteiger partial charge is 0.450 e. The lowest BCUT2D eigenvalue weighted by molar-refractivity contribution is 0.0566. The van der Waals surface area contributed by atoms with Crippen LogP contribution in [0.1, 0.15) is 23.0 Å². The summed E-state index contributed by atoms with van der Waals surface area (Å²) in [6.07, 6.45) is 1.32. The van der Waals surface area contributed by atoms with Crippen molar-refractivity contribution in [2.75, 3.05) is 32.8 Å². The van der Waals surface area contributed by atoms with Crippen molar-refractivity contribution in [2.45, 2.75) is 13.8 Å². The Bertz CT molecular complexity index is 496. The molecule has 2 amide bonds. The number of carbonyl (C=O) groups is 2. The summed E-state index contributed by atoms with van der Waals surface area (Å²) in [6.45, 7) is 6.08. The quantitative estimate of drug-likeness (QED) is 0.817. The van der Waals surface area contributed by atoms with Crippen LogP contribution < -0.4 is 0 Å². The molecule has 20 heavy (non-hydrogen) atoms. The highest BCUT2D eigenvalue weighted by Crippen LogP contribution is 2.09. The number of piperazine rings is 1. The van der Waals surface area contributed by atoms with E-state index in [1.54, 1.807) is 29.0 Å². The van der Waals surface area contributed by atoms with E-state index in [-0.39, 0.29) is 12.0 Å². The molecule has 2 rings (SSSR count). The third-order valence-corrected chi connectivity index (χ3v) is 3.23. The normalized spacial score (nSPS) is 15.1. The summed E-state index contributed by atoms with van der Waals surface area (Å²) >= 11 is 0. The minimum atomic E-state index is -0.312. The van der Waals surface area contributed by atoms with Gasteiger partial charge in [0.2, 0.25) is 0 Å². The van der Waals surface area contributed by atoms with E-state index in [2.05, 4.69) is 4.98 Å². The molecule has 1 aliphatic rings. The lowest BCUT2D eigenvalue weighted by Gasteiger charge is -2.33. The molecule has 1 aliphatic heterocycles. The molecule has 1 aromatic heterocycles. The van der Waals surface area contributed by atoms with Gasteiger partial charge in [0.05, 0.1) is 6.61 Å². The maximum atomic E-state index is 12.3. The second-order valence-electron chi connectivity index (χ2n) is 4.70. The minimum absolute atomic E-state index is 0.0859. The number of hydrogen-bond donors (Lipinski definition) is 0. The molecule has 1 fully saturated rings. The summed E-state index contributed by atoms with van der Waals surface area (Å²) in [5.74, 6) is -0.0859. The van der Waals surface area contributed by atoms with Gasteiger partial charge in [0.1, 0.15) is 5.69 Å². The van der Waals surface area contributed by atoms with Gasteiger partial charge in [-0.3, -0.25) is 9.78 Å².